The molecule has 2 N–H and O–H groups in total. The van der Waals surface area contributed by atoms with E-state index in [1.165, 1.54) is 17.7 Å². The first-order valence-corrected chi connectivity index (χ1v) is 8.00. The lowest BCUT2D eigenvalue weighted by molar-refractivity contribution is 0.624. The molecule has 0 amide bonds. The van der Waals surface area contributed by atoms with E-state index in [4.69, 9.17) is 11.6 Å². The Labute approximate surface area is 140 Å². The van der Waals surface area contributed by atoms with Gasteiger partial charge in [-0.3, -0.25) is 4.99 Å². The number of guanidine groups is 1. The van der Waals surface area contributed by atoms with Crippen molar-refractivity contribution in [2.45, 2.75) is 24.9 Å². The number of benzene rings is 2. The molecule has 2 aromatic rings. The van der Waals surface area contributed by atoms with Gasteiger partial charge in [0.05, 0.1) is 0 Å². The lowest BCUT2D eigenvalue weighted by Crippen LogP contribution is -2.38. The van der Waals surface area contributed by atoms with Crippen molar-refractivity contribution in [3.05, 3.63) is 70.5 Å². The van der Waals surface area contributed by atoms with E-state index in [1.54, 1.807) is 13.1 Å². The Morgan fingerprint density at radius 1 is 1.26 bits per heavy atom. The van der Waals surface area contributed by atoms with Gasteiger partial charge in [-0.2, -0.15) is 0 Å². The fourth-order valence-corrected chi connectivity index (χ4v) is 2.86. The summed E-state index contributed by atoms with van der Waals surface area (Å²) in [7, 11) is 1.73. The summed E-state index contributed by atoms with van der Waals surface area (Å²) >= 11 is 6.04. The quantitative estimate of drug-likeness (QED) is 0.662. The van der Waals surface area contributed by atoms with Crippen LogP contribution >= 0.6 is 11.6 Å². The minimum atomic E-state index is -0.226. The number of nitrogens with zero attached hydrogens (tertiary/aromatic N) is 1. The third kappa shape index (κ3) is 4.23. The van der Waals surface area contributed by atoms with E-state index in [0.29, 0.717) is 18.5 Å². The number of aliphatic imine (C=N–C) groups is 1. The topological polar surface area (TPSA) is 36.4 Å². The molecule has 0 spiro atoms. The maximum atomic E-state index is 13.2. The Bertz CT molecular complexity index is 717. The number of nitrogens with one attached hydrogen (secondary N) is 2. The summed E-state index contributed by atoms with van der Waals surface area (Å²) in [5, 5.41) is 7.37. The molecule has 1 saturated carbocycles. The molecule has 2 aromatic carbocycles. The van der Waals surface area contributed by atoms with Crippen molar-refractivity contribution in [2.75, 3.05) is 7.05 Å². The average Bonchev–Trinajstić information content (AvgIpc) is 3.31. The average molecular weight is 332 g/mol. The predicted octanol–water partition coefficient (Wildman–Crippen LogP) is 3.70. The Morgan fingerprint density at radius 3 is 2.83 bits per heavy atom. The van der Waals surface area contributed by atoms with E-state index < -0.39 is 0 Å². The van der Waals surface area contributed by atoms with Crippen LogP contribution in [0.15, 0.2) is 53.5 Å². The highest BCUT2D eigenvalue weighted by molar-refractivity contribution is 6.30. The van der Waals surface area contributed by atoms with Crippen molar-refractivity contribution in [2.24, 2.45) is 4.99 Å². The molecule has 0 aromatic heterocycles. The lowest BCUT2D eigenvalue weighted by Gasteiger charge is -2.12. The molecule has 2 unspecified atom stereocenters. The highest BCUT2D eigenvalue weighted by atomic mass is 35.5. The van der Waals surface area contributed by atoms with Crippen molar-refractivity contribution in [1.82, 2.24) is 10.6 Å². The normalized spacial score (nSPS) is 20.2. The zero-order chi connectivity index (χ0) is 16.2. The summed E-state index contributed by atoms with van der Waals surface area (Å²) in [6.45, 7) is 0.534. The molecule has 0 saturated heterocycles. The van der Waals surface area contributed by atoms with Crippen LogP contribution in [0.25, 0.3) is 0 Å². The molecule has 1 aliphatic carbocycles. The molecule has 0 radical (unpaired) electrons. The Morgan fingerprint density at radius 2 is 2.09 bits per heavy atom. The summed E-state index contributed by atoms with van der Waals surface area (Å²) in [6.07, 6.45) is 1.06. The fraction of sp³-hybridized carbons (Fsp3) is 0.278. The van der Waals surface area contributed by atoms with E-state index in [2.05, 4.69) is 21.7 Å². The highest BCUT2D eigenvalue weighted by Crippen LogP contribution is 2.41. The molecule has 23 heavy (non-hydrogen) atoms. The lowest BCUT2D eigenvalue weighted by atomic mass is 10.1. The Hall–Kier alpha value is -2.07. The van der Waals surface area contributed by atoms with Gasteiger partial charge in [-0.1, -0.05) is 35.9 Å². The van der Waals surface area contributed by atoms with Crippen LogP contribution in [0.1, 0.15) is 23.5 Å². The summed E-state index contributed by atoms with van der Waals surface area (Å²) in [4.78, 5) is 4.23. The van der Waals surface area contributed by atoms with Gasteiger partial charge in [-0.15, -0.1) is 0 Å². The van der Waals surface area contributed by atoms with Crippen LogP contribution in [0.2, 0.25) is 5.02 Å². The van der Waals surface area contributed by atoms with Crippen LogP contribution in [0, 0.1) is 5.82 Å². The smallest absolute Gasteiger partial charge is 0.191 e. The van der Waals surface area contributed by atoms with Crippen LogP contribution < -0.4 is 10.6 Å². The first-order valence-electron chi connectivity index (χ1n) is 7.63. The van der Waals surface area contributed by atoms with Gasteiger partial charge in [0.1, 0.15) is 5.82 Å². The van der Waals surface area contributed by atoms with Gasteiger partial charge in [-0.05, 0) is 41.8 Å². The summed E-state index contributed by atoms with van der Waals surface area (Å²) < 4.78 is 13.2. The van der Waals surface area contributed by atoms with Crippen LogP contribution in [-0.2, 0) is 6.54 Å². The molecule has 3 nitrogen and oxygen atoms in total. The number of halogens is 2. The van der Waals surface area contributed by atoms with Crippen LogP contribution in [-0.4, -0.2) is 19.0 Å². The zero-order valence-electron chi connectivity index (χ0n) is 12.9. The van der Waals surface area contributed by atoms with Gasteiger partial charge in [0.15, 0.2) is 5.96 Å². The fourth-order valence-electron chi connectivity index (χ4n) is 2.66. The monoisotopic (exact) mass is 331 g/mol. The molecular weight excluding hydrogens is 313 g/mol. The second-order valence-electron chi connectivity index (χ2n) is 5.70. The van der Waals surface area contributed by atoms with E-state index in [1.807, 2.05) is 24.3 Å². The molecule has 1 aliphatic rings. The second kappa shape index (κ2) is 7.01. The predicted molar refractivity (Wildman–Crippen MR) is 92.3 cm³/mol. The highest BCUT2D eigenvalue weighted by Gasteiger charge is 2.39. The van der Waals surface area contributed by atoms with Gasteiger partial charge in [-0.25, -0.2) is 4.39 Å². The third-order valence-corrected chi connectivity index (χ3v) is 4.20. The standard InChI is InChI=1S/C18H19ClFN3/c1-21-18(22-11-12-4-2-7-15(20)8-12)23-17-10-16(17)13-5-3-6-14(19)9-13/h2-9,16-17H,10-11H2,1H3,(H2,21,22,23). The molecule has 3 rings (SSSR count). The van der Waals surface area contributed by atoms with Crippen molar-refractivity contribution in [1.29, 1.82) is 0 Å². The Kier molecular flexibility index (Phi) is 4.82. The molecule has 0 aliphatic heterocycles. The molecule has 2 atom stereocenters. The molecular formula is C18H19ClFN3. The third-order valence-electron chi connectivity index (χ3n) is 3.96. The molecule has 0 heterocycles. The maximum absolute atomic E-state index is 13.2. The SMILES string of the molecule is CN=C(NCc1cccc(F)c1)NC1CC1c1cccc(Cl)c1. The van der Waals surface area contributed by atoms with Gasteiger partial charge in [0.25, 0.3) is 0 Å². The molecule has 5 heteroatoms. The first kappa shape index (κ1) is 15.8. The van der Waals surface area contributed by atoms with Gasteiger partial charge in [0.2, 0.25) is 0 Å². The van der Waals surface area contributed by atoms with Gasteiger partial charge in [0, 0.05) is 30.6 Å². The zero-order valence-corrected chi connectivity index (χ0v) is 13.6. The van der Waals surface area contributed by atoms with Crippen LogP contribution in [0.4, 0.5) is 4.39 Å². The van der Waals surface area contributed by atoms with E-state index >= 15 is 0 Å². The number of rotatable bonds is 4. The van der Waals surface area contributed by atoms with Crippen molar-refractivity contribution in [3.63, 3.8) is 0 Å². The molecule has 120 valence electrons. The minimum Gasteiger partial charge on any atom is -0.353 e. The summed E-state index contributed by atoms with van der Waals surface area (Å²) in [6, 6.07) is 14.9. The Balaban J connectivity index is 1.53. The van der Waals surface area contributed by atoms with Crippen molar-refractivity contribution >= 4 is 17.6 Å². The second-order valence-corrected chi connectivity index (χ2v) is 6.14. The molecule has 1 fully saturated rings. The van der Waals surface area contributed by atoms with E-state index in [0.717, 1.165) is 23.0 Å². The summed E-state index contributed by atoms with van der Waals surface area (Å²) in [5.41, 5.74) is 2.13. The van der Waals surface area contributed by atoms with Crippen molar-refractivity contribution in [3.8, 4) is 0 Å². The van der Waals surface area contributed by atoms with Gasteiger partial charge < -0.3 is 10.6 Å². The number of hydrogen-bond acceptors (Lipinski definition) is 1. The summed E-state index contributed by atoms with van der Waals surface area (Å²) in [5.74, 6) is 0.959. The van der Waals surface area contributed by atoms with Gasteiger partial charge >= 0.3 is 0 Å². The van der Waals surface area contributed by atoms with E-state index in [-0.39, 0.29) is 5.82 Å². The molecule has 0 bridgehead atoms. The number of hydrogen-bond donors (Lipinski definition) is 2. The van der Waals surface area contributed by atoms with E-state index in [9.17, 15) is 4.39 Å². The minimum absolute atomic E-state index is 0.226. The maximum Gasteiger partial charge on any atom is 0.191 e. The van der Waals surface area contributed by atoms with Crippen LogP contribution in [0.3, 0.4) is 0 Å². The van der Waals surface area contributed by atoms with Crippen LogP contribution in [0.5, 0.6) is 0 Å². The first-order chi connectivity index (χ1) is 11.2. The van der Waals surface area contributed by atoms with Crippen molar-refractivity contribution < 1.29 is 4.39 Å². The largest absolute Gasteiger partial charge is 0.353 e.